The van der Waals surface area contributed by atoms with E-state index in [4.69, 9.17) is 4.74 Å². The number of hydrogen-bond acceptors (Lipinski definition) is 4. The van der Waals surface area contributed by atoms with Gasteiger partial charge in [0.25, 0.3) is 0 Å². The summed E-state index contributed by atoms with van der Waals surface area (Å²) < 4.78 is 34.8. The van der Waals surface area contributed by atoms with Gasteiger partial charge in [-0.2, -0.15) is 0 Å². The van der Waals surface area contributed by atoms with Gasteiger partial charge in [-0.05, 0) is 82.4 Å². The highest BCUT2D eigenvalue weighted by molar-refractivity contribution is 7.90. The number of benzene rings is 1. The minimum absolute atomic E-state index is 0.544. The average Bonchev–Trinajstić information content (AvgIpc) is 3.28. The Hall–Kier alpha value is -1.47. The van der Waals surface area contributed by atoms with Crippen LogP contribution in [0.15, 0.2) is 48.6 Å². The number of allylic oxidation sites excluding steroid dienone is 3. The Labute approximate surface area is 206 Å². The van der Waals surface area contributed by atoms with Crippen molar-refractivity contribution in [3.63, 3.8) is 0 Å². The number of piperidine rings is 1. The molecule has 0 aromatic heterocycles. The molecular weight excluding hydrogens is 444 g/mol. The van der Waals surface area contributed by atoms with Crippen molar-refractivity contribution >= 4 is 15.6 Å². The van der Waals surface area contributed by atoms with Gasteiger partial charge in [0, 0.05) is 38.9 Å². The van der Waals surface area contributed by atoms with Crippen LogP contribution >= 0.6 is 0 Å². The summed E-state index contributed by atoms with van der Waals surface area (Å²) in [6.45, 7) is 8.99. The van der Waals surface area contributed by atoms with E-state index in [0.717, 1.165) is 56.7 Å². The van der Waals surface area contributed by atoms with Crippen molar-refractivity contribution in [1.29, 1.82) is 0 Å². The van der Waals surface area contributed by atoms with Gasteiger partial charge in [0.1, 0.15) is 4.75 Å². The lowest BCUT2D eigenvalue weighted by molar-refractivity contribution is 0.121. The van der Waals surface area contributed by atoms with Gasteiger partial charge in [-0.15, -0.1) is 0 Å². The van der Waals surface area contributed by atoms with Gasteiger partial charge in [-0.1, -0.05) is 48.6 Å². The molecule has 2 saturated heterocycles. The van der Waals surface area contributed by atoms with Gasteiger partial charge in [0.2, 0.25) is 10.0 Å². The smallest absolute Gasteiger partial charge is 0.223 e. The maximum atomic E-state index is 14.2. The molecule has 3 aliphatic rings. The summed E-state index contributed by atoms with van der Waals surface area (Å²) in [6.07, 6.45) is 12.7. The van der Waals surface area contributed by atoms with E-state index < -0.39 is 14.8 Å². The number of sulfonamides is 1. The number of nitrogens with zero attached hydrogens (tertiary/aromatic N) is 2. The standard InChI is InChI=1S/C28H42N2O3S/c1-3-33-23-15-25-13-20-30(21-14-25)34(31,32)28(18-22-29-19-7-8-24(29)2)16-11-27(12-17-28)26-9-5-4-6-10-26/h4-6,9-12,16,24-25H,3,7-8,13-15,17-23H2,1-2H3. The highest BCUT2D eigenvalue weighted by atomic mass is 32.2. The van der Waals surface area contributed by atoms with Crippen LogP contribution in [0.3, 0.4) is 0 Å². The second kappa shape index (κ2) is 11.5. The molecule has 2 aliphatic heterocycles. The highest BCUT2D eigenvalue weighted by Crippen LogP contribution is 2.39. The Morgan fingerprint density at radius 2 is 1.85 bits per heavy atom. The first-order valence-electron chi connectivity index (χ1n) is 13.2. The lowest BCUT2D eigenvalue weighted by Gasteiger charge is -2.40. The van der Waals surface area contributed by atoms with E-state index in [0.29, 0.717) is 37.9 Å². The first-order chi connectivity index (χ1) is 16.4. The van der Waals surface area contributed by atoms with Crippen molar-refractivity contribution in [2.24, 2.45) is 5.92 Å². The maximum Gasteiger partial charge on any atom is 0.223 e. The Morgan fingerprint density at radius 3 is 2.47 bits per heavy atom. The van der Waals surface area contributed by atoms with Crippen LogP contribution < -0.4 is 0 Å². The fourth-order valence-electron chi connectivity index (χ4n) is 5.76. The second-order valence-corrected chi connectivity index (χ2v) is 12.5. The molecule has 0 radical (unpaired) electrons. The Balaban J connectivity index is 1.50. The molecule has 2 unspecified atom stereocenters. The number of hydrogen-bond donors (Lipinski definition) is 0. The molecule has 4 rings (SSSR count). The quantitative estimate of drug-likeness (QED) is 0.431. The minimum atomic E-state index is -3.47. The Bertz CT molecular complexity index is 951. The summed E-state index contributed by atoms with van der Waals surface area (Å²) in [6, 6.07) is 10.8. The van der Waals surface area contributed by atoms with Crippen molar-refractivity contribution in [2.75, 3.05) is 39.4 Å². The van der Waals surface area contributed by atoms with E-state index in [1.54, 1.807) is 4.31 Å². The van der Waals surface area contributed by atoms with Crippen molar-refractivity contribution < 1.29 is 13.2 Å². The van der Waals surface area contributed by atoms with E-state index >= 15 is 0 Å². The molecule has 6 heteroatoms. The van der Waals surface area contributed by atoms with Gasteiger partial charge >= 0.3 is 0 Å². The summed E-state index contributed by atoms with van der Waals surface area (Å²) >= 11 is 0. The van der Waals surface area contributed by atoms with Crippen LogP contribution in [0.25, 0.3) is 5.57 Å². The summed E-state index contributed by atoms with van der Waals surface area (Å²) in [5, 5.41) is 0. The summed E-state index contributed by atoms with van der Waals surface area (Å²) in [5.74, 6) is 0.561. The van der Waals surface area contributed by atoms with Crippen LogP contribution in [0.1, 0.15) is 64.4 Å². The van der Waals surface area contributed by atoms with E-state index in [2.05, 4.69) is 36.1 Å². The van der Waals surface area contributed by atoms with Gasteiger partial charge in [-0.3, -0.25) is 0 Å². The zero-order chi connectivity index (χ0) is 24.0. The first-order valence-corrected chi connectivity index (χ1v) is 14.7. The van der Waals surface area contributed by atoms with Crippen molar-refractivity contribution in [1.82, 2.24) is 9.21 Å². The van der Waals surface area contributed by atoms with Gasteiger partial charge in [0.05, 0.1) is 0 Å². The molecule has 0 amide bonds. The largest absolute Gasteiger partial charge is 0.382 e. The molecule has 188 valence electrons. The van der Waals surface area contributed by atoms with E-state index in [-0.39, 0.29) is 0 Å². The molecule has 2 heterocycles. The predicted octanol–water partition coefficient (Wildman–Crippen LogP) is 5.11. The highest BCUT2D eigenvalue weighted by Gasteiger charge is 2.46. The zero-order valence-electron chi connectivity index (χ0n) is 21.0. The minimum Gasteiger partial charge on any atom is -0.382 e. The number of ether oxygens (including phenoxy) is 1. The molecule has 5 nitrogen and oxygen atoms in total. The lowest BCUT2D eigenvalue weighted by atomic mass is 9.90. The van der Waals surface area contributed by atoms with Crippen LogP contribution in [0.5, 0.6) is 0 Å². The molecule has 2 fully saturated rings. The number of likely N-dealkylation sites (tertiary alicyclic amines) is 1. The SMILES string of the molecule is CCOCCC1CCN(S(=O)(=O)C2(CCN3CCCC3C)C=CC(c3ccccc3)=CC2)CC1. The van der Waals surface area contributed by atoms with Crippen molar-refractivity contribution in [3.05, 3.63) is 54.1 Å². The van der Waals surface area contributed by atoms with Gasteiger partial charge < -0.3 is 9.64 Å². The fourth-order valence-corrected chi connectivity index (χ4v) is 7.85. The molecule has 34 heavy (non-hydrogen) atoms. The average molecular weight is 487 g/mol. The number of rotatable bonds is 10. The first kappa shape index (κ1) is 25.6. The molecular formula is C28H42N2O3S. The zero-order valence-corrected chi connectivity index (χ0v) is 21.8. The monoisotopic (exact) mass is 486 g/mol. The summed E-state index contributed by atoms with van der Waals surface area (Å²) in [4.78, 5) is 2.47. The molecule has 1 aromatic carbocycles. The van der Waals surface area contributed by atoms with E-state index in [1.165, 1.54) is 12.8 Å². The van der Waals surface area contributed by atoms with Crippen LogP contribution in [0.4, 0.5) is 0 Å². The predicted molar refractivity (Wildman–Crippen MR) is 140 cm³/mol. The molecule has 0 N–H and O–H groups in total. The molecule has 1 aliphatic carbocycles. The van der Waals surface area contributed by atoms with Crippen LogP contribution in [-0.4, -0.2) is 67.8 Å². The normalized spacial score (nSPS) is 27.2. The van der Waals surface area contributed by atoms with Gasteiger partial charge in [-0.25, -0.2) is 12.7 Å². The fraction of sp³-hybridized carbons (Fsp3) is 0.643. The topological polar surface area (TPSA) is 49.9 Å². The Morgan fingerprint density at radius 1 is 1.09 bits per heavy atom. The Kier molecular flexibility index (Phi) is 8.67. The van der Waals surface area contributed by atoms with Crippen molar-refractivity contribution in [3.8, 4) is 0 Å². The molecule has 0 bridgehead atoms. The molecule has 2 atom stereocenters. The second-order valence-electron chi connectivity index (χ2n) is 10.2. The van der Waals surface area contributed by atoms with E-state index in [1.807, 2.05) is 31.2 Å². The molecule has 1 aromatic rings. The van der Waals surface area contributed by atoms with E-state index in [9.17, 15) is 8.42 Å². The lowest BCUT2D eigenvalue weighted by Crippen LogP contribution is -2.51. The molecule has 0 saturated carbocycles. The van der Waals surface area contributed by atoms with Gasteiger partial charge in [0.15, 0.2) is 0 Å². The summed E-state index contributed by atoms with van der Waals surface area (Å²) in [5.41, 5.74) is 2.27. The third-order valence-electron chi connectivity index (χ3n) is 8.16. The van der Waals surface area contributed by atoms with Crippen LogP contribution in [-0.2, 0) is 14.8 Å². The van der Waals surface area contributed by atoms with Crippen LogP contribution in [0, 0.1) is 5.92 Å². The summed E-state index contributed by atoms with van der Waals surface area (Å²) in [7, 11) is -3.47. The van der Waals surface area contributed by atoms with Crippen LogP contribution in [0.2, 0.25) is 0 Å². The van der Waals surface area contributed by atoms with Crippen molar-refractivity contribution in [2.45, 2.75) is 69.6 Å². The third kappa shape index (κ3) is 5.67. The third-order valence-corrected chi connectivity index (χ3v) is 10.7. The maximum absolute atomic E-state index is 14.2. The molecule has 0 spiro atoms.